The SMILES string of the molecule is CC(C)NC(=S)Nc1ccc2c(C(F)(F)F)cc(=O)oc2c1. The van der Waals surface area contributed by atoms with Gasteiger partial charge in [-0.25, -0.2) is 4.79 Å². The van der Waals surface area contributed by atoms with Crippen molar-refractivity contribution in [3.63, 3.8) is 0 Å². The summed E-state index contributed by atoms with van der Waals surface area (Å²) in [5.41, 5.74) is -1.81. The molecule has 0 fully saturated rings. The Bertz CT molecular complexity index is 769. The van der Waals surface area contributed by atoms with Crippen LogP contribution in [0.4, 0.5) is 18.9 Å². The molecule has 0 saturated heterocycles. The molecule has 0 atom stereocenters. The van der Waals surface area contributed by atoms with E-state index >= 15 is 0 Å². The van der Waals surface area contributed by atoms with Crippen molar-refractivity contribution in [1.82, 2.24) is 5.32 Å². The summed E-state index contributed by atoms with van der Waals surface area (Å²) in [4.78, 5) is 11.3. The van der Waals surface area contributed by atoms with Gasteiger partial charge < -0.3 is 15.1 Å². The van der Waals surface area contributed by atoms with Crippen LogP contribution in [0, 0.1) is 0 Å². The van der Waals surface area contributed by atoms with Crippen LogP contribution in [0.2, 0.25) is 0 Å². The van der Waals surface area contributed by atoms with Gasteiger partial charge in [-0.05, 0) is 38.2 Å². The Morgan fingerprint density at radius 3 is 2.55 bits per heavy atom. The largest absolute Gasteiger partial charge is 0.423 e. The van der Waals surface area contributed by atoms with E-state index in [0.29, 0.717) is 16.9 Å². The van der Waals surface area contributed by atoms with Crippen LogP contribution in [0.3, 0.4) is 0 Å². The van der Waals surface area contributed by atoms with E-state index in [2.05, 4.69) is 10.6 Å². The number of benzene rings is 1. The Balaban J connectivity index is 2.43. The van der Waals surface area contributed by atoms with Crippen LogP contribution in [-0.4, -0.2) is 11.2 Å². The van der Waals surface area contributed by atoms with Gasteiger partial charge in [-0.15, -0.1) is 0 Å². The highest BCUT2D eigenvalue weighted by atomic mass is 32.1. The van der Waals surface area contributed by atoms with Gasteiger partial charge in [0.2, 0.25) is 0 Å². The Labute approximate surface area is 129 Å². The lowest BCUT2D eigenvalue weighted by Gasteiger charge is -2.14. The quantitative estimate of drug-likeness (QED) is 0.652. The molecular weight excluding hydrogens is 317 g/mol. The summed E-state index contributed by atoms with van der Waals surface area (Å²) in [5.74, 6) is 0. The summed E-state index contributed by atoms with van der Waals surface area (Å²) in [7, 11) is 0. The van der Waals surface area contributed by atoms with Gasteiger partial charge >= 0.3 is 11.8 Å². The Morgan fingerprint density at radius 2 is 1.95 bits per heavy atom. The summed E-state index contributed by atoms with van der Waals surface area (Å²) in [6.45, 7) is 3.78. The van der Waals surface area contributed by atoms with Crippen LogP contribution < -0.4 is 16.3 Å². The summed E-state index contributed by atoms with van der Waals surface area (Å²) in [6, 6.07) is 4.53. The number of hydrogen-bond acceptors (Lipinski definition) is 3. The third-order valence-corrected chi connectivity index (χ3v) is 2.95. The molecule has 0 saturated carbocycles. The van der Waals surface area contributed by atoms with E-state index in [1.165, 1.54) is 18.2 Å². The molecule has 0 aliphatic carbocycles. The van der Waals surface area contributed by atoms with Crippen LogP contribution in [0.5, 0.6) is 0 Å². The molecule has 0 unspecified atom stereocenters. The number of hydrogen-bond donors (Lipinski definition) is 2. The minimum Gasteiger partial charge on any atom is -0.423 e. The highest BCUT2D eigenvalue weighted by molar-refractivity contribution is 7.80. The standard InChI is InChI=1S/C14H13F3N2O2S/c1-7(2)18-13(22)19-8-3-4-9-10(14(15,16)17)6-12(20)21-11(9)5-8/h3-7H,1-2H3,(H2,18,19,22). The molecule has 2 rings (SSSR count). The van der Waals surface area contributed by atoms with Crippen LogP contribution >= 0.6 is 12.2 Å². The van der Waals surface area contributed by atoms with E-state index in [9.17, 15) is 18.0 Å². The van der Waals surface area contributed by atoms with Gasteiger partial charge in [0, 0.05) is 29.2 Å². The second kappa shape index (κ2) is 5.96. The highest BCUT2D eigenvalue weighted by Gasteiger charge is 2.33. The maximum atomic E-state index is 12.9. The van der Waals surface area contributed by atoms with Crippen molar-refractivity contribution in [3.8, 4) is 0 Å². The first-order valence-electron chi connectivity index (χ1n) is 6.39. The molecule has 0 spiro atoms. The van der Waals surface area contributed by atoms with E-state index < -0.39 is 17.4 Å². The fourth-order valence-corrected chi connectivity index (χ4v) is 2.26. The fourth-order valence-electron chi connectivity index (χ4n) is 1.90. The molecule has 8 heteroatoms. The van der Waals surface area contributed by atoms with Gasteiger partial charge in [0.25, 0.3) is 0 Å². The third kappa shape index (κ3) is 3.76. The topological polar surface area (TPSA) is 54.3 Å². The van der Waals surface area contributed by atoms with E-state index in [-0.39, 0.29) is 17.0 Å². The van der Waals surface area contributed by atoms with Gasteiger partial charge in [0.1, 0.15) is 5.58 Å². The van der Waals surface area contributed by atoms with Gasteiger partial charge in [-0.3, -0.25) is 0 Å². The first-order valence-corrected chi connectivity index (χ1v) is 6.80. The van der Waals surface area contributed by atoms with Crippen molar-refractivity contribution in [2.45, 2.75) is 26.1 Å². The van der Waals surface area contributed by atoms with Gasteiger partial charge in [-0.1, -0.05) is 0 Å². The van der Waals surface area contributed by atoms with Crippen LogP contribution in [-0.2, 0) is 6.18 Å². The average Bonchev–Trinajstić information content (AvgIpc) is 2.34. The minimum atomic E-state index is -4.63. The summed E-state index contributed by atoms with van der Waals surface area (Å²) in [5, 5.41) is 5.90. The molecule has 0 radical (unpaired) electrons. The normalized spacial score (nSPS) is 11.7. The first kappa shape index (κ1) is 16.3. The molecule has 1 aromatic heterocycles. The lowest BCUT2D eigenvalue weighted by Crippen LogP contribution is -2.33. The molecule has 118 valence electrons. The molecule has 2 N–H and O–H groups in total. The zero-order valence-corrected chi connectivity index (χ0v) is 12.6. The van der Waals surface area contributed by atoms with Crippen molar-refractivity contribution in [3.05, 3.63) is 40.2 Å². The first-order chi connectivity index (χ1) is 10.2. The van der Waals surface area contributed by atoms with Gasteiger partial charge in [0.05, 0.1) is 5.56 Å². The molecule has 4 nitrogen and oxygen atoms in total. The molecule has 0 bridgehead atoms. The fraction of sp³-hybridized carbons (Fsp3) is 0.286. The predicted octanol–water partition coefficient (Wildman–Crippen LogP) is 3.51. The lowest BCUT2D eigenvalue weighted by molar-refractivity contribution is -0.136. The second-order valence-corrected chi connectivity index (χ2v) is 5.35. The van der Waals surface area contributed by atoms with Crippen LogP contribution in [0.15, 0.2) is 33.5 Å². The molecule has 1 heterocycles. The van der Waals surface area contributed by atoms with Crippen LogP contribution in [0.1, 0.15) is 19.4 Å². The number of rotatable bonds is 2. The summed E-state index contributed by atoms with van der Waals surface area (Å²) >= 11 is 5.05. The monoisotopic (exact) mass is 330 g/mol. The Hall–Kier alpha value is -2.09. The minimum absolute atomic E-state index is 0.107. The molecule has 1 aromatic carbocycles. The number of alkyl halides is 3. The summed E-state index contributed by atoms with van der Waals surface area (Å²) < 4.78 is 43.6. The second-order valence-electron chi connectivity index (χ2n) is 4.94. The number of anilines is 1. The number of halogens is 3. The molecular formula is C14H13F3N2O2S. The van der Waals surface area contributed by atoms with Crippen molar-refractivity contribution < 1.29 is 17.6 Å². The van der Waals surface area contributed by atoms with E-state index in [1.54, 1.807) is 0 Å². The number of fused-ring (bicyclic) bond motifs is 1. The van der Waals surface area contributed by atoms with E-state index in [1.807, 2.05) is 13.8 Å². The maximum Gasteiger partial charge on any atom is 0.417 e. The zero-order valence-electron chi connectivity index (χ0n) is 11.7. The van der Waals surface area contributed by atoms with Crippen molar-refractivity contribution >= 4 is 34.0 Å². The average molecular weight is 330 g/mol. The van der Waals surface area contributed by atoms with Gasteiger partial charge in [0.15, 0.2) is 5.11 Å². The van der Waals surface area contributed by atoms with E-state index in [0.717, 1.165) is 0 Å². The van der Waals surface area contributed by atoms with Crippen molar-refractivity contribution in [2.75, 3.05) is 5.32 Å². The zero-order chi connectivity index (χ0) is 16.5. The molecule has 22 heavy (non-hydrogen) atoms. The lowest BCUT2D eigenvalue weighted by atomic mass is 10.1. The summed E-state index contributed by atoms with van der Waals surface area (Å²) in [6.07, 6.45) is -4.63. The molecule has 0 aliphatic heterocycles. The predicted molar refractivity (Wildman–Crippen MR) is 82.0 cm³/mol. The smallest absolute Gasteiger partial charge is 0.417 e. The van der Waals surface area contributed by atoms with Crippen molar-refractivity contribution in [1.29, 1.82) is 0 Å². The van der Waals surface area contributed by atoms with Crippen molar-refractivity contribution in [2.24, 2.45) is 0 Å². The highest BCUT2D eigenvalue weighted by Crippen LogP contribution is 2.34. The third-order valence-electron chi connectivity index (χ3n) is 2.73. The Kier molecular flexibility index (Phi) is 4.41. The van der Waals surface area contributed by atoms with Gasteiger partial charge in [-0.2, -0.15) is 13.2 Å². The molecule has 2 aromatic rings. The van der Waals surface area contributed by atoms with E-state index in [4.69, 9.17) is 16.6 Å². The molecule has 0 aliphatic rings. The number of thiocarbonyl (C=S) groups is 1. The Morgan fingerprint density at radius 1 is 1.27 bits per heavy atom. The van der Waals surface area contributed by atoms with Crippen LogP contribution in [0.25, 0.3) is 11.0 Å². The molecule has 0 amide bonds. The number of nitrogens with one attached hydrogen (secondary N) is 2. The maximum absolute atomic E-state index is 12.9.